The van der Waals surface area contributed by atoms with Crippen LogP contribution >= 0.6 is 0 Å². The maximum absolute atomic E-state index is 12.5. The summed E-state index contributed by atoms with van der Waals surface area (Å²) in [5.41, 5.74) is -0.000710. The van der Waals surface area contributed by atoms with Crippen LogP contribution in [0.3, 0.4) is 0 Å². The van der Waals surface area contributed by atoms with E-state index in [2.05, 4.69) is 4.98 Å². The van der Waals surface area contributed by atoms with Gasteiger partial charge in [0.25, 0.3) is 0 Å². The second kappa shape index (κ2) is 6.28. The van der Waals surface area contributed by atoms with Crippen molar-refractivity contribution in [3.05, 3.63) is 53.6 Å². The number of halogens is 3. The highest BCUT2D eigenvalue weighted by Crippen LogP contribution is 2.29. The second-order valence-corrected chi connectivity index (χ2v) is 4.70. The fraction of sp³-hybridized carbons (Fsp3) is 0.357. The third kappa shape index (κ3) is 4.05. The average Bonchev–Trinajstić information content (AvgIpc) is 2.85. The molecule has 0 bridgehead atoms. The fourth-order valence-electron chi connectivity index (χ4n) is 1.95. The molecule has 21 heavy (non-hydrogen) atoms. The predicted octanol–water partition coefficient (Wildman–Crippen LogP) is 1.85. The van der Waals surface area contributed by atoms with Gasteiger partial charge in [-0.2, -0.15) is 13.2 Å². The van der Waals surface area contributed by atoms with E-state index in [9.17, 15) is 18.3 Å². The largest absolute Gasteiger partial charge is 0.416 e. The summed E-state index contributed by atoms with van der Waals surface area (Å²) in [5, 5.41) is 18.3. The number of aliphatic hydroxyl groups is 2. The normalized spacial score (nSPS) is 13.4. The third-order valence-corrected chi connectivity index (χ3v) is 3.06. The van der Waals surface area contributed by atoms with Crippen LogP contribution in [-0.2, 0) is 19.1 Å². The second-order valence-electron chi connectivity index (χ2n) is 4.70. The van der Waals surface area contributed by atoms with Crippen molar-refractivity contribution in [2.45, 2.75) is 25.2 Å². The van der Waals surface area contributed by atoms with Gasteiger partial charge in [0.2, 0.25) is 0 Å². The van der Waals surface area contributed by atoms with Crippen LogP contribution in [0.4, 0.5) is 13.2 Å². The van der Waals surface area contributed by atoms with Crippen molar-refractivity contribution < 1.29 is 23.4 Å². The first kappa shape index (κ1) is 15.5. The number of aromatic nitrogens is 2. The van der Waals surface area contributed by atoms with Gasteiger partial charge in [0.05, 0.1) is 24.8 Å². The van der Waals surface area contributed by atoms with Crippen molar-refractivity contribution in [1.82, 2.24) is 9.55 Å². The molecule has 0 saturated carbocycles. The van der Waals surface area contributed by atoms with Gasteiger partial charge in [-0.1, -0.05) is 12.1 Å². The molecule has 114 valence electrons. The molecule has 1 aromatic carbocycles. The number of imidazole rings is 1. The van der Waals surface area contributed by atoms with Crippen LogP contribution in [0.1, 0.15) is 17.0 Å². The molecule has 0 aliphatic heterocycles. The van der Waals surface area contributed by atoms with E-state index >= 15 is 0 Å². The highest BCUT2D eigenvalue weighted by Gasteiger charge is 2.29. The van der Waals surface area contributed by atoms with E-state index in [1.54, 1.807) is 17.0 Å². The molecule has 1 atom stereocenters. The fourth-order valence-corrected chi connectivity index (χ4v) is 1.95. The van der Waals surface area contributed by atoms with Crippen LogP contribution in [0.5, 0.6) is 0 Å². The number of benzene rings is 1. The molecule has 0 aliphatic rings. The van der Waals surface area contributed by atoms with E-state index in [0.717, 1.165) is 12.1 Å². The van der Waals surface area contributed by atoms with Crippen LogP contribution in [0.2, 0.25) is 0 Å². The Morgan fingerprint density at radius 1 is 1.19 bits per heavy atom. The third-order valence-electron chi connectivity index (χ3n) is 3.06. The molecule has 1 heterocycles. The molecule has 7 heteroatoms. The number of hydrogen-bond acceptors (Lipinski definition) is 3. The Kier molecular flexibility index (Phi) is 4.64. The summed E-state index contributed by atoms with van der Waals surface area (Å²) in [6, 6.07) is 4.88. The van der Waals surface area contributed by atoms with E-state index in [0.29, 0.717) is 17.8 Å². The number of hydrogen-bond donors (Lipinski definition) is 2. The number of alkyl halides is 3. The number of rotatable bonds is 5. The van der Waals surface area contributed by atoms with E-state index in [4.69, 9.17) is 5.11 Å². The summed E-state index contributed by atoms with van der Waals surface area (Å²) in [7, 11) is 0. The van der Waals surface area contributed by atoms with Crippen LogP contribution in [-0.4, -0.2) is 32.5 Å². The van der Waals surface area contributed by atoms with Gasteiger partial charge in [-0.05, 0) is 17.7 Å². The van der Waals surface area contributed by atoms with Crippen molar-refractivity contribution >= 4 is 0 Å². The van der Waals surface area contributed by atoms with Gasteiger partial charge in [0.15, 0.2) is 0 Å². The Morgan fingerprint density at radius 2 is 1.86 bits per heavy atom. The summed E-state index contributed by atoms with van der Waals surface area (Å²) in [5.74, 6) is 0.613. The molecule has 2 aromatic rings. The summed E-state index contributed by atoms with van der Waals surface area (Å²) < 4.78 is 39.1. The summed E-state index contributed by atoms with van der Waals surface area (Å²) in [4.78, 5) is 4.12. The molecular weight excluding hydrogens is 285 g/mol. The quantitative estimate of drug-likeness (QED) is 0.886. The van der Waals surface area contributed by atoms with Gasteiger partial charge in [-0.25, -0.2) is 4.98 Å². The molecule has 0 radical (unpaired) electrons. The van der Waals surface area contributed by atoms with Crippen LogP contribution < -0.4 is 0 Å². The van der Waals surface area contributed by atoms with Crippen molar-refractivity contribution in [3.63, 3.8) is 0 Å². The molecule has 4 nitrogen and oxygen atoms in total. The van der Waals surface area contributed by atoms with Crippen molar-refractivity contribution in [1.29, 1.82) is 0 Å². The zero-order valence-corrected chi connectivity index (χ0v) is 11.1. The Morgan fingerprint density at radius 3 is 2.43 bits per heavy atom. The Bertz CT molecular complexity index is 579. The molecule has 0 fully saturated rings. The SMILES string of the molecule is OCC(O)Cn1ccnc1Cc1ccc(C(F)(F)F)cc1. The van der Waals surface area contributed by atoms with Crippen LogP contribution in [0, 0.1) is 0 Å². The van der Waals surface area contributed by atoms with Crippen molar-refractivity contribution in [2.75, 3.05) is 6.61 Å². The van der Waals surface area contributed by atoms with Crippen LogP contribution in [0.25, 0.3) is 0 Å². The lowest BCUT2D eigenvalue weighted by molar-refractivity contribution is -0.137. The zero-order chi connectivity index (χ0) is 15.5. The van der Waals surface area contributed by atoms with Gasteiger partial charge >= 0.3 is 6.18 Å². The molecule has 0 saturated heterocycles. The number of aliphatic hydroxyl groups excluding tert-OH is 2. The molecule has 2 N–H and O–H groups in total. The average molecular weight is 300 g/mol. The maximum Gasteiger partial charge on any atom is 0.416 e. The molecule has 0 amide bonds. The molecule has 1 unspecified atom stereocenters. The Balaban J connectivity index is 2.10. The first-order valence-corrected chi connectivity index (χ1v) is 6.35. The molecule has 0 aliphatic carbocycles. The maximum atomic E-state index is 12.5. The van der Waals surface area contributed by atoms with Crippen molar-refractivity contribution in [3.8, 4) is 0 Å². The lowest BCUT2D eigenvalue weighted by Gasteiger charge is -2.12. The molecule has 2 rings (SSSR count). The molecular formula is C14H15F3N2O2. The lowest BCUT2D eigenvalue weighted by Crippen LogP contribution is -2.20. The summed E-state index contributed by atoms with van der Waals surface area (Å²) in [6.07, 6.45) is -1.70. The number of nitrogens with zero attached hydrogens (tertiary/aromatic N) is 2. The first-order valence-electron chi connectivity index (χ1n) is 6.35. The topological polar surface area (TPSA) is 58.3 Å². The summed E-state index contributed by atoms with van der Waals surface area (Å²) >= 11 is 0. The zero-order valence-electron chi connectivity index (χ0n) is 11.1. The van der Waals surface area contributed by atoms with E-state index < -0.39 is 17.8 Å². The highest BCUT2D eigenvalue weighted by molar-refractivity contribution is 5.26. The van der Waals surface area contributed by atoms with E-state index in [1.165, 1.54) is 12.1 Å². The smallest absolute Gasteiger partial charge is 0.394 e. The van der Waals surface area contributed by atoms with Gasteiger partial charge in [-0.15, -0.1) is 0 Å². The van der Waals surface area contributed by atoms with Gasteiger partial charge < -0.3 is 14.8 Å². The van der Waals surface area contributed by atoms with E-state index in [-0.39, 0.29) is 13.2 Å². The summed E-state index contributed by atoms with van der Waals surface area (Å²) in [6.45, 7) is -0.176. The highest BCUT2D eigenvalue weighted by atomic mass is 19.4. The Hall–Kier alpha value is -1.86. The minimum Gasteiger partial charge on any atom is -0.394 e. The van der Waals surface area contributed by atoms with Gasteiger partial charge in [0, 0.05) is 18.8 Å². The Labute approximate surface area is 119 Å². The molecule has 0 spiro atoms. The van der Waals surface area contributed by atoms with Gasteiger partial charge in [-0.3, -0.25) is 0 Å². The monoisotopic (exact) mass is 300 g/mol. The van der Waals surface area contributed by atoms with Crippen molar-refractivity contribution in [2.24, 2.45) is 0 Å². The predicted molar refractivity (Wildman–Crippen MR) is 69.6 cm³/mol. The molecule has 1 aromatic heterocycles. The minimum absolute atomic E-state index is 0.187. The van der Waals surface area contributed by atoms with E-state index in [1.807, 2.05) is 0 Å². The standard InChI is InChI=1S/C14H15F3N2O2/c15-14(16,17)11-3-1-10(2-4-11)7-13-18-5-6-19(13)8-12(21)9-20/h1-6,12,20-21H,7-9H2. The van der Waals surface area contributed by atoms with Gasteiger partial charge in [0.1, 0.15) is 5.82 Å². The lowest BCUT2D eigenvalue weighted by atomic mass is 10.1. The minimum atomic E-state index is -4.35. The van der Waals surface area contributed by atoms with Crippen LogP contribution in [0.15, 0.2) is 36.7 Å². The first-order chi connectivity index (χ1) is 9.90.